The Bertz CT molecular complexity index is 414. The van der Waals surface area contributed by atoms with Crippen LogP contribution in [0.25, 0.3) is 0 Å². The standard InChI is InChI=1S/C15H27NO3Si/c1-15(2,3)20(4,5)19-10-6-9-16-13-11(14(16)18)7-8-12(13)17/h7-8,11-13,17H,6,9-10H2,1-5H3/t11-,12-,13-/m1/s1. The van der Waals surface area contributed by atoms with Crippen molar-refractivity contribution >= 4 is 14.2 Å². The van der Waals surface area contributed by atoms with Crippen LogP contribution in [0.15, 0.2) is 12.2 Å². The predicted molar refractivity (Wildman–Crippen MR) is 81.9 cm³/mol. The van der Waals surface area contributed by atoms with E-state index in [2.05, 4.69) is 33.9 Å². The molecule has 0 bridgehead atoms. The van der Waals surface area contributed by atoms with E-state index in [1.165, 1.54) is 0 Å². The van der Waals surface area contributed by atoms with Gasteiger partial charge < -0.3 is 14.4 Å². The quantitative estimate of drug-likeness (QED) is 0.366. The number of carbonyl (C=O) groups is 1. The molecule has 114 valence electrons. The first-order valence-electron chi connectivity index (χ1n) is 7.46. The first-order valence-corrected chi connectivity index (χ1v) is 10.4. The summed E-state index contributed by atoms with van der Waals surface area (Å²) in [5.74, 6) is 0.0708. The molecule has 1 aliphatic heterocycles. The second-order valence-corrected chi connectivity index (χ2v) is 12.2. The zero-order chi connectivity index (χ0) is 15.1. The van der Waals surface area contributed by atoms with Crippen molar-refractivity contribution in [3.05, 3.63) is 12.2 Å². The van der Waals surface area contributed by atoms with E-state index in [0.29, 0.717) is 13.2 Å². The molecule has 0 radical (unpaired) electrons. The van der Waals surface area contributed by atoms with Crippen molar-refractivity contribution in [2.45, 2.75) is 57.5 Å². The molecule has 2 rings (SSSR count). The third-order valence-electron chi connectivity index (χ3n) is 4.97. The molecule has 3 atom stereocenters. The van der Waals surface area contributed by atoms with E-state index in [-0.39, 0.29) is 22.9 Å². The molecule has 20 heavy (non-hydrogen) atoms. The summed E-state index contributed by atoms with van der Waals surface area (Å²) in [6.45, 7) is 12.5. The van der Waals surface area contributed by atoms with Crippen LogP contribution >= 0.6 is 0 Å². The smallest absolute Gasteiger partial charge is 0.232 e. The largest absolute Gasteiger partial charge is 0.417 e. The van der Waals surface area contributed by atoms with Gasteiger partial charge in [0.15, 0.2) is 8.32 Å². The van der Waals surface area contributed by atoms with Gasteiger partial charge in [0.25, 0.3) is 0 Å². The molecule has 1 saturated heterocycles. The highest BCUT2D eigenvalue weighted by molar-refractivity contribution is 6.74. The molecule has 1 amide bonds. The fourth-order valence-electron chi connectivity index (χ4n) is 2.57. The molecule has 1 aliphatic carbocycles. The van der Waals surface area contributed by atoms with Gasteiger partial charge in [-0.1, -0.05) is 32.9 Å². The Kier molecular flexibility index (Phi) is 4.15. The van der Waals surface area contributed by atoms with Gasteiger partial charge in [-0.15, -0.1) is 0 Å². The zero-order valence-electron chi connectivity index (χ0n) is 13.2. The lowest BCUT2D eigenvalue weighted by Crippen LogP contribution is -2.62. The summed E-state index contributed by atoms with van der Waals surface area (Å²) in [5.41, 5.74) is 0. The Morgan fingerprint density at radius 1 is 1.35 bits per heavy atom. The van der Waals surface area contributed by atoms with E-state index < -0.39 is 14.4 Å². The van der Waals surface area contributed by atoms with Crippen LogP contribution in [-0.2, 0) is 9.22 Å². The summed E-state index contributed by atoms with van der Waals surface area (Å²) in [7, 11) is -1.69. The number of hydrogen-bond donors (Lipinski definition) is 1. The maximum absolute atomic E-state index is 11.9. The van der Waals surface area contributed by atoms with Crippen molar-refractivity contribution in [2.75, 3.05) is 13.2 Å². The number of hydrogen-bond acceptors (Lipinski definition) is 3. The summed E-state index contributed by atoms with van der Waals surface area (Å²) in [5, 5.41) is 10.0. The Morgan fingerprint density at radius 2 is 2.00 bits per heavy atom. The minimum absolute atomic E-state index is 0.0182. The van der Waals surface area contributed by atoms with Crippen molar-refractivity contribution in [1.82, 2.24) is 4.90 Å². The fraction of sp³-hybridized carbons (Fsp3) is 0.800. The van der Waals surface area contributed by atoms with Crippen LogP contribution in [0.4, 0.5) is 0 Å². The molecular formula is C15H27NO3Si. The van der Waals surface area contributed by atoms with Crippen LogP contribution in [0.5, 0.6) is 0 Å². The van der Waals surface area contributed by atoms with E-state index in [4.69, 9.17) is 4.43 Å². The first-order chi connectivity index (χ1) is 9.15. The van der Waals surface area contributed by atoms with Gasteiger partial charge in [0.1, 0.15) is 0 Å². The van der Waals surface area contributed by atoms with Gasteiger partial charge in [-0.3, -0.25) is 4.79 Å². The molecule has 0 saturated carbocycles. The van der Waals surface area contributed by atoms with Crippen LogP contribution in [0.3, 0.4) is 0 Å². The molecule has 4 nitrogen and oxygen atoms in total. The topological polar surface area (TPSA) is 49.8 Å². The number of rotatable bonds is 5. The average molecular weight is 297 g/mol. The Balaban J connectivity index is 1.74. The second-order valence-electron chi connectivity index (χ2n) is 7.39. The van der Waals surface area contributed by atoms with E-state index in [1.54, 1.807) is 11.0 Å². The third-order valence-corrected chi connectivity index (χ3v) is 9.51. The molecule has 0 aromatic carbocycles. The van der Waals surface area contributed by atoms with Crippen molar-refractivity contribution in [1.29, 1.82) is 0 Å². The average Bonchev–Trinajstić information content (AvgIpc) is 2.65. The van der Waals surface area contributed by atoms with Crippen LogP contribution in [-0.4, -0.2) is 49.5 Å². The molecule has 0 aromatic heterocycles. The van der Waals surface area contributed by atoms with Gasteiger partial charge in [0, 0.05) is 13.2 Å². The number of likely N-dealkylation sites (tertiary alicyclic amines) is 1. The summed E-state index contributed by atoms with van der Waals surface area (Å²) < 4.78 is 6.11. The summed E-state index contributed by atoms with van der Waals surface area (Å²) in [4.78, 5) is 13.7. The number of aliphatic hydroxyl groups excluding tert-OH is 1. The fourth-order valence-corrected chi connectivity index (χ4v) is 3.66. The SMILES string of the molecule is CC(C)(C)[Si](C)(C)OCCCN1C(=O)[C@@H]2C=C[C@@H](O)[C@@H]21. The van der Waals surface area contributed by atoms with Crippen molar-refractivity contribution < 1.29 is 14.3 Å². The maximum atomic E-state index is 11.9. The lowest BCUT2D eigenvalue weighted by molar-refractivity contribution is -0.156. The van der Waals surface area contributed by atoms with E-state index in [0.717, 1.165) is 6.42 Å². The van der Waals surface area contributed by atoms with Crippen LogP contribution < -0.4 is 0 Å². The number of aliphatic hydroxyl groups is 1. The molecule has 2 aliphatic rings. The van der Waals surface area contributed by atoms with Gasteiger partial charge >= 0.3 is 0 Å². The van der Waals surface area contributed by atoms with Crippen LogP contribution in [0, 0.1) is 5.92 Å². The molecular weight excluding hydrogens is 270 g/mol. The van der Waals surface area contributed by atoms with Gasteiger partial charge in [0.2, 0.25) is 5.91 Å². The first kappa shape index (κ1) is 15.7. The van der Waals surface area contributed by atoms with Crippen molar-refractivity contribution in [3.8, 4) is 0 Å². The summed E-state index contributed by atoms with van der Waals surface area (Å²) in [6, 6.07) is -0.0182. The molecule has 0 aromatic rings. The summed E-state index contributed by atoms with van der Waals surface area (Å²) >= 11 is 0. The number of β-lactam (4-membered cyclic amide) rings is 1. The van der Waals surface area contributed by atoms with Crippen molar-refractivity contribution in [2.24, 2.45) is 5.92 Å². The Labute approximate surface area is 122 Å². The van der Waals surface area contributed by atoms with E-state index in [1.807, 2.05) is 6.08 Å². The van der Waals surface area contributed by atoms with Gasteiger partial charge in [-0.05, 0) is 24.6 Å². The molecule has 0 spiro atoms. The van der Waals surface area contributed by atoms with Gasteiger partial charge in [0.05, 0.1) is 18.1 Å². The van der Waals surface area contributed by atoms with Gasteiger partial charge in [-0.2, -0.15) is 0 Å². The number of amides is 1. The molecule has 0 unspecified atom stereocenters. The number of nitrogens with zero attached hydrogens (tertiary/aromatic N) is 1. The Morgan fingerprint density at radius 3 is 2.60 bits per heavy atom. The van der Waals surface area contributed by atoms with Crippen molar-refractivity contribution in [3.63, 3.8) is 0 Å². The third kappa shape index (κ3) is 2.71. The number of carbonyl (C=O) groups excluding carboxylic acids is 1. The van der Waals surface area contributed by atoms with E-state index in [9.17, 15) is 9.90 Å². The second kappa shape index (κ2) is 5.28. The highest BCUT2D eigenvalue weighted by Crippen LogP contribution is 2.37. The molecule has 1 heterocycles. The summed E-state index contributed by atoms with van der Waals surface area (Å²) in [6.07, 6.45) is 3.92. The van der Waals surface area contributed by atoms with Crippen LogP contribution in [0.2, 0.25) is 18.1 Å². The minimum Gasteiger partial charge on any atom is -0.417 e. The Hall–Kier alpha value is -0.653. The molecule has 5 heteroatoms. The monoisotopic (exact) mass is 297 g/mol. The van der Waals surface area contributed by atoms with E-state index >= 15 is 0 Å². The highest BCUT2D eigenvalue weighted by atomic mass is 28.4. The van der Waals surface area contributed by atoms with Crippen LogP contribution in [0.1, 0.15) is 27.2 Å². The maximum Gasteiger partial charge on any atom is 0.232 e. The normalized spacial score (nSPS) is 29.6. The highest BCUT2D eigenvalue weighted by Gasteiger charge is 2.51. The lowest BCUT2D eigenvalue weighted by atomic mass is 9.89. The molecule has 1 fully saturated rings. The zero-order valence-corrected chi connectivity index (χ0v) is 14.2. The van der Waals surface area contributed by atoms with Gasteiger partial charge in [-0.25, -0.2) is 0 Å². The minimum atomic E-state index is -1.69. The number of fused-ring (bicyclic) bond motifs is 1. The predicted octanol–water partition coefficient (Wildman–Crippen LogP) is 2.16. The lowest BCUT2D eigenvalue weighted by Gasteiger charge is -2.45. The molecule has 1 N–H and O–H groups in total.